The molecule has 0 bridgehead atoms. The van der Waals surface area contributed by atoms with Crippen molar-refractivity contribution in [2.45, 2.75) is 11.3 Å². The van der Waals surface area contributed by atoms with Crippen molar-refractivity contribution in [1.29, 1.82) is 0 Å². The zero-order valence-electron chi connectivity index (χ0n) is 10.1. The Balaban J connectivity index is 0.00000180. The molecule has 1 N–H and O–H groups in total. The van der Waals surface area contributed by atoms with Crippen molar-refractivity contribution in [3.8, 4) is 0 Å². The second kappa shape index (κ2) is 7.24. The van der Waals surface area contributed by atoms with Gasteiger partial charge >= 0.3 is 0 Å². The Labute approximate surface area is 133 Å². The molecule has 2 rings (SSSR count). The van der Waals surface area contributed by atoms with Crippen molar-refractivity contribution in [2.75, 3.05) is 26.2 Å². The summed E-state index contributed by atoms with van der Waals surface area (Å²) in [5, 5.41) is 3.43. The van der Waals surface area contributed by atoms with Crippen molar-refractivity contribution in [1.82, 2.24) is 9.62 Å². The van der Waals surface area contributed by atoms with E-state index in [4.69, 9.17) is 11.6 Å². The molecule has 1 fully saturated rings. The van der Waals surface area contributed by atoms with E-state index in [1.54, 1.807) is 18.2 Å². The summed E-state index contributed by atoms with van der Waals surface area (Å²) in [5.41, 5.74) is 0. The summed E-state index contributed by atoms with van der Waals surface area (Å²) in [7, 11) is -3.53. The first kappa shape index (κ1) is 17.2. The molecule has 1 aliphatic rings. The maximum atomic E-state index is 12.6. The number of sulfonamides is 1. The molecular weight excluding hydrogens is 375 g/mol. The SMILES string of the molecule is Cl.O=S(=O)(c1c(Cl)cccc1Br)N1CCCNCC1. The summed E-state index contributed by atoms with van der Waals surface area (Å²) in [4.78, 5) is 0.161. The quantitative estimate of drug-likeness (QED) is 0.845. The Morgan fingerprint density at radius 1 is 1.26 bits per heavy atom. The number of nitrogens with one attached hydrogen (secondary N) is 1. The van der Waals surface area contributed by atoms with Crippen LogP contribution in [0.25, 0.3) is 0 Å². The van der Waals surface area contributed by atoms with Crippen LogP contribution in [0.4, 0.5) is 0 Å². The van der Waals surface area contributed by atoms with Crippen LogP contribution >= 0.6 is 39.9 Å². The van der Waals surface area contributed by atoms with Crippen molar-refractivity contribution in [3.05, 3.63) is 27.7 Å². The Hall–Kier alpha value is 0.150. The minimum Gasteiger partial charge on any atom is -0.315 e. The summed E-state index contributed by atoms with van der Waals surface area (Å²) in [6.07, 6.45) is 0.807. The number of halogens is 3. The van der Waals surface area contributed by atoms with Crippen LogP contribution in [0.5, 0.6) is 0 Å². The summed E-state index contributed by atoms with van der Waals surface area (Å²) in [5.74, 6) is 0. The molecule has 1 heterocycles. The third-order valence-corrected chi connectivity index (χ3v) is 6.17. The Morgan fingerprint density at radius 2 is 2.00 bits per heavy atom. The predicted molar refractivity (Wildman–Crippen MR) is 82.6 cm³/mol. The summed E-state index contributed by atoms with van der Waals surface area (Å²) in [6, 6.07) is 5.00. The lowest BCUT2D eigenvalue weighted by Gasteiger charge is -2.21. The smallest absolute Gasteiger partial charge is 0.245 e. The van der Waals surface area contributed by atoms with Gasteiger partial charge in [0, 0.05) is 24.1 Å². The van der Waals surface area contributed by atoms with Gasteiger partial charge in [0.05, 0.1) is 5.02 Å². The van der Waals surface area contributed by atoms with Gasteiger partial charge in [-0.05, 0) is 41.0 Å². The first-order chi connectivity index (χ1) is 8.53. The molecule has 0 spiro atoms. The van der Waals surface area contributed by atoms with Crippen molar-refractivity contribution < 1.29 is 8.42 Å². The van der Waals surface area contributed by atoms with E-state index < -0.39 is 10.0 Å². The van der Waals surface area contributed by atoms with Gasteiger partial charge < -0.3 is 5.32 Å². The highest BCUT2D eigenvalue weighted by atomic mass is 79.9. The van der Waals surface area contributed by atoms with Crippen molar-refractivity contribution >= 4 is 50.0 Å². The fourth-order valence-corrected chi connectivity index (χ4v) is 5.07. The molecule has 1 aliphatic heterocycles. The molecule has 0 saturated carbocycles. The second-order valence-electron chi connectivity index (χ2n) is 4.06. The van der Waals surface area contributed by atoms with Crippen LogP contribution in [-0.4, -0.2) is 38.9 Å². The predicted octanol–water partition coefficient (Wildman–Crippen LogP) is 2.51. The molecule has 1 saturated heterocycles. The molecule has 0 unspecified atom stereocenters. The molecule has 0 aliphatic carbocycles. The van der Waals surface area contributed by atoms with E-state index in [-0.39, 0.29) is 22.3 Å². The Kier molecular flexibility index (Phi) is 6.56. The highest BCUT2D eigenvalue weighted by Gasteiger charge is 2.29. The van der Waals surface area contributed by atoms with E-state index in [9.17, 15) is 8.42 Å². The van der Waals surface area contributed by atoms with Gasteiger partial charge in [0.25, 0.3) is 0 Å². The molecule has 1 aromatic rings. The van der Waals surface area contributed by atoms with Gasteiger partial charge in [-0.2, -0.15) is 4.31 Å². The number of rotatable bonds is 2. The first-order valence-corrected chi connectivity index (χ1v) is 8.29. The molecule has 108 valence electrons. The third-order valence-electron chi connectivity index (χ3n) is 2.82. The zero-order chi connectivity index (χ0) is 13.2. The van der Waals surface area contributed by atoms with Crippen LogP contribution in [0.3, 0.4) is 0 Å². The van der Waals surface area contributed by atoms with Gasteiger partial charge in [0.2, 0.25) is 10.0 Å². The van der Waals surface area contributed by atoms with Crippen LogP contribution in [0.2, 0.25) is 5.02 Å². The fourth-order valence-electron chi connectivity index (χ4n) is 1.92. The Bertz CT molecular complexity index is 511. The van der Waals surface area contributed by atoms with E-state index in [0.29, 0.717) is 24.1 Å². The molecule has 0 atom stereocenters. The minimum absolute atomic E-state index is 0. The van der Waals surface area contributed by atoms with E-state index >= 15 is 0 Å². The highest BCUT2D eigenvalue weighted by molar-refractivity contribution is 9.10. The highest BCUT2D eigenvalue weighted by Crippen LogP contribution is 2.31. The van der Waals surface area contributed by atoms with Crippen LogP contribution in [-0.2, 0) is 10.0 Å². The van der Waals surface area contributed by atoms with E-state index in [1.807, 2.05) is 0 Å². The average molecular weight is 390 g/mol. The zero-order valence-corrected chi connectivity index (χ0v) is 14.1. The number of hydrogen-bond acceptors (Lipinski definition) is 3. The second-order valence-corrected chi connectivity index (χ2v) is 7.19. The van der Waals surface area contributed by atoms with Gasteiger partial charge in [-0.1, -0.05) is 17.7 Å². The minimum atomic E-state index is -3.53. The lowest BCUT2D eigenvalue weighted by atomic mass is 10.4. The molecule has 4 nitrogen and oxygen atoms in total. The number of nitrogens with zero attached hydrogens (tertiary/aromatic N) is 1. The van der Waals surface area contributed by atoms with E-state index in [2.05, 4.69) is 21.2 Å². The lowest BCUT2D eigenvalue weighted by molar-refractivity contribution is 0.431. The molecule has 19 heavy (non-hydrogen) atoms. The largest absolute Gasteiger partial charge is 0.315 e. The van der Waals surface area contributed by atoms with Crippen molar-refractivity contribution in [3.63, 3.8) is 0 Å². The maximum Gasteiger partial charge on any atom is 0.245 e. The van der Waals surface area contributed by atoms with Gasteiger partial charge in [-0.25, -0.2) is 8.42 Å². The van der Waals surface area contributed by atoms with Crippen LogP contribution < -0.4 is 5.32 Å². The van der Waals surface area contributed by atoms with Gasteiger partial charge in [0.1, 0.15) is 4.90 Å². The van der Waals surface area contributed by atoms with Crippen LogP contribution in [0, 0.1) is 0 Å². The van der Waals surface area contributed by atoms with E-state index in [0.717, 1.165) is 13.0 Å². The topological polar surface area (TPSA) is 49.4 Å². The van der Waals surface area contributed by atoms with Gasteiger partial charge in [-0.3, -0.25) is 0 Å². The lowest BCUT2D eigenvalue weighted by Crippen LogP contribution is -2.34. The van der Waals surface area contributed by atoms with E-state index in [1.165, 1.54) is 4.31 Å². The first-order valence-electron chi connectivity index (χ1n) is 5.68. The van der Waals surface area contributed by atoms with Crippen LogP contribution in [0.15, 0.2) is 27.6 Å². The summed E-state index contributed by atoms with van der Waals surface area (Å²) < 4.78 is 27.1. The fraction of sp³-hybridized carbons (Fsp3) is 0.455. The molecular formula is C11H15BrCl2N2O2S. The van der Waals surface area contributed by atoms with Gasteiger partial charge in [-0.15, -0.1) is 12.4 Å². The molecule has 0 radical (unpaired) electrons. The normalized spacial score (nSPS) is 17.6. The maximum absolute atomic E-state index is 12.6. The van der Waals surface area contributed by atoms with Crippen LogP contribution in [0.1, 0.15) is 6.42 Å². The number of hydrogen-bond donors (Lipinski definition) is 1. The standard InChI is InChI=1S/C11H14BrClN2O2S.ClH/c12-9-3-1-4-10(13)11(9)18(16,17)15-7-2-5-14-6-8-15;/h1,3-4,14H,2,5-8H2;1H. The molecule has 1 aromatic carbocycles. The molecule has 0 amide bonds. The average Bonchev–Trinajstić information content (AvgIpc) is 2.57. The third kappa shape index (κ3) is 3.83. The Morgan fingerprint density at radius 3 is 2.68 bits per heavy atom. The monoisotopic (exact) mass is 388 g/mol. The summed E-state index contributed by atoms with van der Waals surface area (Å²) in [6.45, 7) is 2.50. The number of benzene rings is 1. The molecule has 0 aromatic heterocycles. The molecule has 8 heteroatoms. The van der Waals surface area contributed by atoms with Gasteiger partial charge in [0.15, 0.2) is 0 Å². The summed E-state index contributed by atoms with van der Waals surface area (Å²) >= 11 is 9.29. The van der Waals surface area contributed by atoms with Crippen molar-refractivity contribution in [2.24, 2.45) is 0 Å².